The minimum absolute atomic E-state index is 0.0324. The van der Waals surface area contributed by atoms with Crippen LogP contribution in [-0.4, -0.2) is 44.7 Å². The van der Waals surface area contributed by atoms with Gasteiger partial charge >= 0.3 is 0 Å². The maximum atomic E-state index is 10.7. The Morgan fingerprint density at radius 3 is 1.80 bits per heavy atom. The highest BCUT2D eigenvalue weighted by Gasteiger charge is 2.46. The third-order valence-electron chi connectivity index (χ3n) is 5.01. The zero-order chi connectivity index (χ0) is 17.5. The van der Waals surface area contributed by atoms with Crippen LogP contribution < -0.4 is 0 Å². The van der Waals surface area contributed by atoms with Crippen molar-refractivity contribution in [2.45, 2.75) is 11.8 Å². The predicted octanol–water partition coefficient (Wildman–Crippen LogP) is 0.970. The Bertz CT molecular complexity index is 1010. The first-order valence-corrected chi connectivity index (χ1v) is 7.61. The number of allylic oxidation sites excluding steroid dienone is 2. The quantitative estimate of drug-likeness (QED) is 0.486. The van der Waals surface area contributed by atoms with Crippen molar-refractivity contribution in [1.29, 1.82) is 0 Å². The molecule has 6 rings (SSSR count). The van der Waals surface area contributed by atoms with Gasteiger partial charge in [-0.25, -0.2) is 9.55 Å². The van der Waals surface area contributed by atoms with E-state index in [0.29, 0.717) is 22.3 Å². The maximum absolute atomic E-state index is 10.7. The van der Waals surface area contributed by atoms with E-state index in [0.717, 1.165) is 4.57 Å². The molecule has 3 aliphatic rings. The number of nitrogens with zero attached hydrogens (tertiary/aromatic N) is 5. The Balaban J connectivity index is 1.82. The van der Waals surface area contributed by atoms with E-state index in [-0.39, 0.29) is 29.5 Å². The van der Waals surface area contributed by atoms with Gasteiger partial charge in [-0.1, -0.05) is 12.2 Å². The lowest BCUT2D eigenvalue weighted by Crippen LogP contribution is -2.17. The van der Waals surface area contributed by atoms with Crippen LogP contribution in [0.3, 0.4) is 0 Å². The largest absolute Gasteiger partial charge is 0.494 e. The second kappa shape index (κ2) is 4.32. The third kappa shape index (κ3) is 1.45. The van der Waals surface area contributed by atoms with Gasteiger partial charge in [-0.05, 0) is 0 Å². The van der Waals surface area contributed by atoms with E-state index in [1.54, 1.807) is 7.05 Å². The summed E-state index contributed by atoms with van der Waals surface area (Å²) in [6, 6.07) is 0. The van der Waals surface area contributed by atoms with Crippen LogP contribution in [0.15, 0.2) is 24.5 Å². The molecule has 0 fully saturated rings. The first-order chi connectivity index (χ1) is 12.0. The lowest BCUT2D eigenvalue weighted by Gasteiger charge is -2.31. The summed E-state index contributed by atoms with van der Waals surface area (Å²) in [4.78, 5) is 4.02. The van der Waals surface area contributed by atoms with Crippen LogP contribution in [0.5, 0.6) is 23.5 Å². The molecular formula is C16H13N5O4. The number of hydrogen-bond acceptors (Lipinski definition) is 7. The molecule has 0 aromatic carbocycles. The highest BCUT2D eigenvalue weighted by molar-refractivity contribution is 5.71. The van der Waals surface area contributed by atoms with Gasteiger partial charge in [0.25, 0.3) is 5.95 Å². The van der Waals surface area contributed by atoms with Crippen molar-refractivity contribution in [2.75, 3.05) is 0 Å². The van der Waals surface area contributed by atoms with E-state index in [1.165, 1.54) is 17.0 Å². The standard InChI is InChI=1S/C16H13N5O4/c1-20-12(22)8-6-2-3-7(9(8)13(20)23)11-10(6)14(24)21(15(11)25)16-17-4-5-18-19-16/h2-7,22-25H,1H3. The smallest absolute Gasteiger partial charge is 0.259 e. The predicted molar refractivity (Wildman–Crippen MR) is 84.1 cm³/mol. The van der Waals surface area contributed by atoms with E-state index in [4.69, 9.17) is 0 Å². The zero-order valence-electron chi connectivity index (χ0n) is 13.0. The molecule has 25 heavy (non-hydrogen) atoms. The van der Waals surface area contributed by atoms with Crippen LogP contribution in [0.2, 0.25) is 0 Å². The van der Waals surface area contributed by atoms with Crippen molar-refractivity contribution in [3.63, 3.8) is 0 Å². The summed E-state index contributed by atoms with van der Waals surface area (Å²) in [5.41, 5.74) is 1.98. The normalized spacial score (nSPS) is 19.9. The fraction of sp³-hybridized carbons (Fsp3) is 0.188. The topological polar surface area (TPSA) is 129 Å². The SMILES string of the molecule is Cn1c(O)c2c(c1O)C1C=CC2c2c1c(O)n(-c1nccnn1)c2O. The van der Waals surface area contributed by atoms with E-state index in [9.17, 15) is 20.4 Å². The second-order valence-electron chi connectivity index (χ2n) is 6.13. The summed E-state index contributed by atoms with van der Waals surface area (Å²) in [6.07, 6.45) is 6.46. The molecule has 0 radical (unpaired) electrons. The van der Waals surface area contributed by atoms with Crippen LogP contribution in [-0.2, 0) is 7.05 Å². The Labute approximate surface area is 140 Å². The van der Waals surface area contributed by atoms with Crippen LogP contribution >= 0.6 is 0 Å². The number of rotatable bonds is 1. The molecule has 2 bridgehead atoms. The molecule has 0 aliphatic heterocycles. The van der Waals surface area contributed by atoms with E-state index in [2.05, 4.69) is 15.2 Å². The molecule has 0 saturated carbocycles. The van der Waals surface area contributed by atoms with Crippen molar-refractivity contribution in [2.24, 2.45) is 7.05 Å². The second-order valence-corrected chi connectivity index (χ2v) is 6.13. The lowest BCUT2D eigenvalue weighted by molar-refractivity contribution is 0.383. The van der Waals surface area contributed by atoms with Crippen LogP contribution in [0.25, 0.3) is 5.95 Å². The number of aromatic hydroxyl groups is 4. The van der Waals surface area contributed by atoms with Gasteiger partial charge in [-0.15, -0.1) is 5.10 Å². The summed E-state index contributed by atoms with van der Waals surface area (Å²) >= 11 is 0. The summed E-state index contributed by atoms with van der Waals surface area (Å²) in [6.45, 7) is 0. The fourth-order valence-corrected chi connectivity index (χ4v) is 3.94. The van der Waals surface area contributed by atoms with Gasteiger partial charge in [-0.2, -0.15) is 5.10 Å². The monoisotopic (exact) mass is 339 g/mol. The minimum Gasteiger partial charge on any atom is -0.494 e. The summed E-state index contributed by atoms with van der Waals surface area (Å²) in [5, 5.41) is 49.8. The molecule has 126 valence electrons. The number of aromatic nitrogens is 5. The van der Waals surface area contributed by atoms with Crippen LogP contribution in [0.1, 0.15) is 34.1 Å². The third-order valence-corrected chi connectivity index (χ3v) is 5.01. The summed E-state index contributed by atoms with van der Waals surface area (Å²) in [7, 11) is 1.55. The molecule has 3 aromatic heterocycles. The maximum Gasteiger partial charge on any atom is 0.259 e. The minimum atomic E-state index is -0.495. The molecular weight excluding hydrogens is 326 g/mol. The molecule has 0 spiro atoms. The Morgan fingerprint density at radius 1 is 0.800 bits per heavy atom. The van der Waals surface area contributed by atoms with Gasteiger partial charge in [0.1, 0.15) is 0 Å². The molecule has 3 aliphatic carbocycles. The van der Waals surface area contributed by atoms with Crippen molar-refractivity contribution in [3.05, 3.63) is 46.8 Å². The van der Waals surface area contributed by atoms with Crippen LogP contribution in [0, 0.1) is 0 Å². The van der Waals surface area contributed by atoms with Gasteiger partial charge in [0.2, 0.25) is 11.8 Å². The van der Waals surface area contributed by atoms with E-state index >= 15 is 0 Å². The highest BCUT2D eigenvalue weighted by Crippen LogP contribution is 2.60. The Morgan fingerprint density at radius 2 is 1.32 bits per heavy atom. The molecule has 0 amide bonds. The van der Waals surface area contributed by atoms with Gasteiger partial charge in [0, 0.05) is 41.1 Å². The summed E-state index contributed by atoms with van der Waals surface area (Å²) < 4.78 is 2.40. The molecule has 2 atom stereocenters. The number of hydrogen-bond donors (Lipinski definition) is 4. The van der Waals surface area contributed by atoms with E-state index in [1.807, 2.05) is 12.2 Å². The molecule has 3 heterocycles. The molecule has 2 unspecified atom stereocenters. The van der Waals surface area contributed by atoms with Gasteiger partial charge in [0.05, 0.1) is 12.4 Å². The van der Waals surface area contributed by atoms with Gasteiger partial charge in [-0.3, -0.25) is 4.57 Å². The first kappa shape index (κ1) is 13.9. The molecule has 9 nitrogen and oxygen atoms in total. The van der Waals surface area contributed by atoms with E-state index < -0.39 is 11.8 Å². The average molecular weight is 339 g/mol. The Kier molecular flexibility index (Phi) is 2.40. The Hall–Kier alpha value is -3.49. The lowest BCUT2D eigenvalue weighted by atomic mass is 9.70. The van der Waals surface area contributed by atoms with Gasteiger partial charge in [0.15, 0.2) is 11.8 Å². The molecule has 3 aromatic rings. The zero-order valence-corrected chi connectivity index (χ0v) is 13.0. The van der Waals surface area contributed by atoms with Crippen molar-refractivity contribution >= 4 is 0 Å². The molecule has 0 saturated heterocycles. The van der Waals surface area contributed by atoms with Crippen LogP contribution in [0.4, 0.5) is 0 Å². The van der Waals surface area contributed by atoms with Gasteiger partial charge < -0.3 is 20.4 Å². The van der Waals surface area contributed by atoms with Crippen molar-refractivity contribution in [1.82, 2.24) is 24.3 Å². The van der Waals surface area contributed by atoms with Crippen molar-refractivity contribution < 1.29 is 20.4 Å². The highest BCUT2D eigenvalue weighted by atomic mass is 16.3. The summed E-state index contributed by atoms with van der Waals surface area (Å²) in [5.74, 6) is -1.52. The molecule has 9 heteroatoms. The average Bonchev–Trinajstić information content (AvgIpc) is 3.05. The van der Waals surface area contributed by atoms with Crippen molar-refractivity contribution in [3.8, 4) is 29.5 Å². The fourth-order valence-electron chi connectivity index (χ4n) is 3.94. The molecule has 4 N–H and O–H groups in total. The first-order valence-electron chi connectivity index (χ1n) is 7.61.